The van der Waals surface area contributed by atoms with E-state index in [9.17, 15) is 5.11 Å². The van der Waals surface area contributed by atoms with Crippen LogP contribution in [-0.4, -0.2) is 30.4 Å². The minimum atomic E-state index is -0.472. The van der Waals surface area contributed by atoms with Gasteiger partial charge in [-0.2, -0.15) is 0 Å². The SMILES string of the molecule is OC(CNC1CCCCC1)COc1ccc(-c2ccccc2)cc1. The Kier molecular flexibility index (Phi) is 6.27. The van der Waals surface area contributed by atoms with Gasteiger partial charge in [-0.05, 0) is 36.1 Å². The van der Waals surface area contributed by atoms with Crippen molar-refractivity contribution in [3.05, 3.63) is 54.6 Å². The van der Waals surface area contributed by atoms with Crippen molar-refractivity contribution in [2.24, 2.45) is 0 Å². The molecule has 3 heteroatoms. The second-order valence-electron chi connectivity index (χ2n) is 6.60. The molecular formula is C21H27NO2. The van der Waals surface area contributed by atoms with Crippen LogP contribution in [0.25, 0.3) is 11.1 Å². The highest BCUT2D eigenvalue weighted by Gasteiger charge is 2.14. The first-order valence-corrected chi connectivity index (χ1v) is 9.01. The minimum absolute atomic E-state index is 0.324. The highest BCUT2D eigenvalue weighted by Crippen LogP contribution is 2.22. The molecule has 0 aliphatic heterocycles. The number of hydrogen-bond acceptors (Lipinski definition) is 3. The standard InChI is InChI=1S/C21H27NO2/c23-20(15-22-19-9-5-2-6-10-19)16-24-21-13-11-18(12-14-21)17-7-3-1-4-8-17/h1,3-4,7-8,11-14,19-20,22-23H,2,5-6,9-10,15-16H2. The molecule has 128 valence electrons. The quantitative estimate of drug-likeness (QED) is 0.808. The molecule has 3 nitrogen and oxygen atoms in total. The fourth-order valence-corrected chi connectivity index (χ4v) is 3.23. The lowest BCUT2D eigenvalue weighted by molar-refractivity contribution is 0.102. The van der Waals surface area contributed by atoms with Crippen LogP contribution >= 0.6 is 0 Å². The molecule has 0 amide bonds. The molecule has 0 aromatic heterocycles. The maximum Gasteiger partial charge on any atom is 0.119 e. The minimum Gasteiger partial charge on any atom is -0.491 e. The van der Waals surface area contributed by atoms with Gasteiger partial charge in [0.15, 0.2) is 0 Å². The summed E-state index contributed by atoms with van der Waals surface area (Å²) in [5.41, 5.74) is 2.36. The summed E-state index contributed by atoms with van der Waals surface area (Å²) in [5, 5.41) is 13.5. The number of hydrogen-bond donors (Lipinski definition) is 2. The summed E-state index contributed by atoms with van der Waals surface area (Å²) in [5.74, 6) is 0.798. The van der Waals surface area contributed by atoms with E-state index in [1.165, 1.54) is 43.2 Å². The highest BCUT2D eigenvalue weighted by atomic mass is 16.5. The van der Waals surface area contributed by atoms with Crippen LogP contribution in [0.1, 0.15) is 32.1 Å². The van der Waals surface area contributed by atoms with Gasteiger partial charge in [0, 0.05) is 12.6 Å². The van der Waals surface area contributed by atoms with Gasteiger partial charge in [-0.15, -0.1) is 0 Å². The third-order valence-corrected chi connectivity index (χ3v) is 4.65. The summed E-state index contributed by atoms with van der Waals surface area (Å²) in [4.78, 5) is 0. The van der Waals surface area contributed by atoms with Crippen molar-refractivity contribution in [3.8, 4) is 16.9 Å². The molecule has 2 N–H and O–H groups in total. The van der Waals surface area contributed by atoms with Crippen LogP contribution in [-0.2, 0) is 0 Å². The van der Waals surface area contributed by atoms with E-state index in [0.29, 0.717) is 19.2 Å². The van der Waals surface area contributed by atoms with Crippen LogP contribution in [0.3, 0.4) is 0 Å². The predicted molar refractivity (Wildman–Crippen MR) is 98.3 cm³/mol. The van der Waals surface area contributed by atoms with Crippen molar-refractivity contribution in [2.75, 3.05) is 13.2 Å². The van der Waals surface area contributed by atoms with Gasteiger partial charge in [-0.25, -0.2) is 0 Å². The molecule has 0 bridgehead atoms. The average Bonchev–Trinajstić information content (AvgIpc) is 2.67. The molecule has 0 radical (unpaired) electrons. The summed E-state index contributed by atoms with van der Waals surface area (Å²) >= 11 is 0. The van der Waals surface area contributed by atoms with Gasteiger partial charge < -0.3 is 15.2 Å². The third-order valence-electron chi connectivity index (χ3n) is 4.65. The summed E-state index contributed by atoms with van der Waals surface area (Å²) in [7, 11) is 0. The van der Waals surface area contributed by atoms with Crippen molar-refractivity contribution in [1.82, 2.24) is 5.32 Å². The summed E-state index contributed by atoms with van der Waals surface area (Å²) in [6.45, 7) is 0.928. The zero-order valence-corrected chi connectivity index (χ0v) is 14.2. The molecule has 1 aliphatic rings. The van der Waals surface area contributed by atoms with Crippen molar-refractivity contribution < 1.29 is 9.84 Å². The summed E-state index contributed by atoms with van der Waals surface area (Å²) in [6.07, 6.45) is 5.95. The van der Waals surface area contributed by atoms with E-state index in [0.717, 1.165) is 5.75 Å². The van der Waals surface area contributed by atoms with Crippen LogP contribution in [0, 0.1) is 0 Å². The van der Waals surface area contributed by atoms with Gasteiger partial charge in [0.2, 0.25) is 0 Å². The Morgan fingerprint density at radius 3 is 2.29 bits per heavy atom. The van der Waals surface area contributed by atoms with Crippen LogP contribution in [0.4, 0.5) is 0 Å². The maximum atomic E-state index is 10.1. The molecule has 0 heterocycles. The van der Waals surface area contributed by atoms with Crippen LogP contribution in [0.2, 0.25) is 0 Å². The molecule has 1 saturated carbocycles. The Bertz CT molecular complexity index is 591. The topological polar surface area (TPSA) is 41.5 Å². The summed E-state index contributed by atoms with van der Waals surface area (Å²) < 4.78 is 5.71. The second kappa shape index (κ2) is 8.86. The van der Waals surface area contributed by atoms with Gasteiger partial charge in [-0.1, -0.05) is 61.7 Å². The molecule has 1 unspecified atom stereocenters. The first kappa shape index (κ1) is 17.0. The lowest BCUT2D eigenvalue weighted by Gasteiger charge is -2.24. The van der Waals surface area contributed by atoms with Crippen molar-refractivity contribution >= 4 is 0 Å². The Labute approximate surface area is 144 Å². The maximum absolute atomic E-state index is 10.1. The van der Waals surface area contributed by atoms with Gasteiger partial charge in [0.25, 0.3) is 0 Å². The fraction of sp³-hybridized carbons (Fsp3) is 0.429. The van der Waals surface area contributed by atoms with E-state index in [2.05, 4.69) is 29.6 Å². The Balaban J connectivity index is 1.42. The van der Waals surface area contributed by atoms with E-state index in [4.69, 9.17) is 4.74 Å². The van der Waals surface area contributed by atoms with Gasteiger partial charge in [0.1, 0.15) is 18.5 Å². The molecule has 0 saturated heterocycles. The van der Waals surface area contributed by atoms with Crippen molar-refractivity contribution in [3.63, 3.8) is 0 Å². The van der Waals surface area contributed by atoms with Crippen LogP contribution in [0.15, 0.2) is 54.6 Å². The van der Waals surface area contributed by atoms with E-state index in [-0.39, 0.29) is 0 Å². The molecular weight excluding hydrogens is 298 g/mol. The number of aliphatic hydroxyl groups is 1. The van der Waals surface area contributed by atoms with Gasteiger partial charge in [-0.3, -0.25) is 0 Å². The predicted octanol–water partition coefficient (Wildman–Crippen LogP) is 4.02. The first-order chi connectivity index (χ1) is 11.8. The fourth-order valence-electron chi connectivity index (χ4n) is 3.23. The lowest BCUT2D eigenvalue weighted by atomic mass is 9.95. The zero-order valence-electron chi connectivity index (χ0n) is 14.2. The first-order valence-electron chi connectivity index (χ1n) is 9.01. The van der Waals surface area contributed by atoms with Crippen LogP contribution in [0.5, 0.6) is 5.75 Å². The number of ether oxygens (including phenoxy) is 1. The number of benzene rings is 2. The highest BCUT2D eigenvalue weighted by molar-refractivity contribution is 5.63. The smallest absolute Gasteiger partial charge is 0.119 e. The van der Waals surface area contributed by atoms with Gasteiger partial charge in [0.05, 0.1) is 0 Å². The molecule has 1 fully saturated rings. The number of rotatable bonds is 7. The lowest BCUT2D eigenvalue weighted by Crippen LogP contribution is -2.38. The molecule has 3 rings (SSSR count). The van der Waals surface area contributed by atoms with E-state index in [1.807, 2.05) is 30.3 Å². The molecule has 24 heavy (non-hydrogen) atoms. The molecule has 1 atom stereocenters. The Morgan fingerprint density at radius 1 is 0.917 bits per heavy atom. The average molecular weight is 325 g/mol. The second-order valence-corrected chi connectivity index (χ2v) is 6.60. The Morgan fingerprint density at radius 2 is 1.58 bits per heavy atom. The normalized spacial score (nSPS) is 16.7. The molecule has 2 aromatic rings. The van der Waals surface area contributed by atoms with Gasteiger partial charge >= 0.3 is 0 Å². The van der Waals surface area contributed by atoms with E-state index < -0.39 is 6.10 Å². The monoisotopic (exact) mass is 325 g/mol. The van der Waals surface area contributed by atoms with Crippen molar-refractivity contribution in [2.45, 2.75) is 44.2 Å². The Hall–Kier alpha value is -1.84. The van der Waals surface area contributed by atoms with E-state index in [1.54, 1.807) is 0 Å². The molecule has 1 aliphatic carbocycles. The zero-order chi connectivity index (χ0) is 16.6. The summed E-state index contributed by atoms with van der Waals surface area (Å²) in [6, 6.07) is 18.9. The third kappa shape index (κ3) is 5.08. The van der Waals surface area contributed by atoms with Crippen molar-refractivity contribution in [1.29, 1.82) is 0 Å². The molecule has 2 aromatic carbocycles. The number of aliphatic hydroxyl groups excluding tert-OH is 1. The van der Waals surface area contributed by atoms with E-state index >= 15 is 0 Å². The largest absolute Gasteiger partial charge is 0.491 e. The van der Waals surface area contributed by atoms with Crippen LogP contribution < -0.4 is 10.1 Å². The molecule has 0 spiro atoms. The number of nitrogens with one attached hydrogen (secondary N) is 1.